The first-order valence-corrected chi connectivity index (χ1v) is 5.37. The van der Waals surface area contributed by atoms with Gasteiger partial charge in [0.15, 0.2) is 0 Å². The lowest BCUT2D eigenvalue weighted by Crippen LogP contribution is -2.26. The molecule has 1 fully saturated rings. The maximum Gasteiger partial charge on any atom is 0.217 e. The van der Waals surface area contributed by atoms with E-state index in [0.717, 1.165) is 12.5 Å². The van der Waals surface area contributed by atoms with Gasteiger partial charge >= 0.3 is 0 Å². The highest BCUT2D eigenvalue weighted by atomic mass is 14.6. The van der Waals surface area contributed by atoms with Crippen molar-refractivity contribution >= 4 is 0 Å². The van der Waals surface area contributed by atoms with Gasteiger partial charge in [-0.15, -0.1) is 0 Å². The molecule has 1 aliphatic rings. The molecule has 0 heterocycles. The van der Waals surface area contributed by atoms with Crippen LogP contribution in [0.4, 0.5) is 0 Å². The average molecular weight is 179 g/mol. The molecule has 0 aromatic heterocycles. The molecule has 0 bridgehead atoms. The third-order valence-corrected chi connectivity index (χ3v) is 3.42. The summed E-state index contributed by atoms with van der Waals surface area (Å²) in [5, 5.41) is 0. The summed E-state index contributed by atoms with van der Waals surface area (Å²) in [6.07, 6.45) is 5.24. The highest BCUT2D eigenvalue weighted by Crippen LogP contribution is 2.39. The van der Waals surface area contributed by atoms with E-state index in [1.165, 1.54) is 25.7 Å². The normalized spacial score (nSPS) is 29.7. The summed E-state index contributed by atoms with van der Waals surface area (Å²) < 4.78 is 0. The molecule has 1 saturated carbocycles. The first kappa shape index (κ1) is 10.6. The molecule has 0 atom stereocenters. The lowest BCUT2D eigenvalue weighted by molar-refractivity contribution is 0.154. The Kier molecular flexibility index (Phi) is 3.36. The van der Waals surface area contributed by atoms with Crippen molar-refractivity contribution in [2.75, 3.05) is 6.54 Å². The Morgan fingerprint density at radius 3 is 2.08 bits per heavy atom. The summed E-state index contributed by atoms with van der Waals surface area (Å²) in [7, 11) is 0. The SMILES string of the molecule is [C-]#[N+]CC1CCC(C(C)(C)C)CC1. The van der Waals surface area contributed by atoms with Crippen LogP contribution >= 0.6 is 0 Å². The van der Waals surface area contributed by atoms with Crippen molar-refractivity contribution in [3.63, 3.8) is 0 Å². The predicted octanol–water partition coefficient (Wildman–Crippen LogP) is 3.76. The van der Waals surface area contributed by atoms with Crippen LogP contribution in [0.15, 0.2) is 0 Å². The fourth-order valence-corrected chi connectivity index (χ4v) is 2.34. The third kappa shape index (κ3) is 3.03. The number of hydrogen-bond donors (Lipinski definition) is 0. The largest absolute Gasteiger partial charge is 0.317 e. The lowest BCUT2D eigenvalue weighted by Gasteiger charge is -2.35. The molecule has 1 heteroatoms. The van der Waals surface area contributed by atoms with Crippen LogP contribution in [-0.4, -0.2) is 6.54 Å². The Labute approximate surface area is 82.4 Å². The van der Waals surface area contributed by atoms with Crippen LogP contribution in [0.3, 0.4) is 0 Å². The minimum atomic E-state index is 0.475. The first-order valence-electron chi connectivity index (χ1n) is 5.37. The highest BCUT2D eigenvalue weighted by molar-refractivity contribution is 4.82. The minimum Gasteiger partial charge on any atom is -0.317 e. The molecule has 0 aromatic rings. The maximum atomic E-state index is 6.84. The molecule has 1 aliphatic carbocycles. The molecule has 0 N–H and O–H groups in total. The molecule has 0 aliphatic heterocycles. The zero-order valence-electron chi connectivity index (χ0n) is 9.14. The van der Waals surface area contributed by atoms with Gasteiger partial charge in [0.2, 0.25) is 6.54 Å². The van der Waals surface area contributed by atoms with Crippen LogP contribution in [0.2, 0.25) is 0 Å². The van der Waals surface area contributed by atoms with Gasteiger partial charge in [0.25, 0.3) is 0 Å². The quantitative estimate of drug-likeness (QED) is 0.540. The molecule has 0 spiro atoms. The van der Waals surface area contributed by atoms with Crippen LogP contribution in [0.1, 0.15) is 46.5 Å². The van der Waals surface area contributed by atoms with Gasteiger partial charge in [-0.05, 0) is 37.0 Å². The molecule has 0 radical (unpaired) electrons. The van der Waals surface area contributed by atoms with E-state index in [2.05, 4.69) is 25.6 Å². The van der Waals surface area contributed by atoms with Gasteiger partial charge in [0.05, 0.1) is 0 Å². The van der Waals surface area contributed by atoms with Crippen LogP contribution in [0.25, 0.3) is 4.85 Å². The molecular weight excluding hydrogens is 158 g/mol. The monoisotopic (exact) mass is 179 g/mol. The lowest BCUT2D eigenvalue weighted by atomic mass is 9.70. The predicted molar refractivity (Wildman–Crippen MR) is 56.4 cm³/mol. The Balaban J connectivity index is 2.36. The first-order chi connectivity index (χ1) is 6.04. The van der Waals surface area contributed by atoms with E-state index in [0.29, 0.717) is 11.3 Å². The molecule has 1 nitrogen and oxygen atoms in total. The Hall–Kier alpha value is -0.510. The van der Waals surface area contributed by atoms with Crippen molar-refractivity contribution in [3.8, 4) is 0 Å². The van der Waals surface area contributed by atoms with Crippen molar-refractivity contribution < 1.29 is 0 Å². The van der Waals surface area contributed by atoms with Crippen molar-refractivity contribution in [3.05, 3.63) is 11.4 Å². The second kappa shape index (κ2) is 4.13. The van der Waals surface area contributed by atoms with Crippen LogP contribution in [0, 0.1) is 23.8 Å². The molecule has 74 valence electrons. The molecule has 1 rings (SSSR count). The van der Waals surface area contributed by atoms with Gasteiger partial charge < -0.3 is 4.85 Å². The van der Waals surface area contributed by atoms with Crippen molar-refractivity contribution in [1.82, 2.24) is 0 Å². The summed E-state index contributed by atoms with van der Waals surface area (Å²) in [5.74, 6) is 1.59. The van der Waals surface area contributed by atoms with E-state index in [4.69, 9.17) is 6.57 Å². The van der Waals surface area contributed by atoms with E-state index in [9.17, 15) is 0 Å². The highest BCUT2D eigenvalue weighted by Gasteiger charge is 2.30. The van der Waals surface area contributed by atoms with Gasteiger partial charge in [-0.2, -0.15) is 0 Å². The number of hydrogen-bond acceptors (Lipinski definition) is 0. The van der Waals surface area contributed by atoms with Crippen LogP contribution in [-0.2, 0) is 0 Å². The fourth-order valence-electron chi connectivity index (χ4n) is 2.34. The standard InChI is InChI=1S/C12H21N/c1-12(2,3)11-7-5-10(6-8-11)9-13-4/h10-11H,5-9H2,1-3H3. The minimum absolute atomic E-state index is 0.475. The van der Waals surface area contributed by atoms with Gasteiger partial charge in [0, 0.05) is 5.92 Å². The average Bonchev–Trinajstić information content (AvgIpc) is 2.04. The van der Waals surface area contributed by atoms with E-state index in [1.807, 2.05) is 0 Å². The van der Waals surface area contributed by atoms with Crippen molar-refractivity contribution in [2.24, 2.45) is 17.3 Å². The summed E-state index contributed by atoms with van der Waals surface area (Å²) in [6.45, 7) is 14.6. The number of nitrogens with zero attached hydrogens (tertiary/aromatic N) is 1. The van der Waals surface area contributed by atoms with Gasteiger partial charge in [-0.1, -0.05) is 20.8 Å². The molecule has 0 amide bonds. The van der Waals surface area contributed by atoms with Gasteiger partial charge in [-0.25, -0.2) is 6.57 Å². The second-order valence-corrected chi connectivity index (χ2v) is 5.42. The topological polar surface area (TPSA) is 4.36 Å². The van der Waals surface area contributed by atoms with Gasteiger partial charge in [-0.3, -0.25) is 0 Å². The molecule has 13 heavy (non-hydrogen) atoms. The van der Waals surface area contributed by atoms with E-state index in [1.54, 1.807) is 0 Å². The van der Waals surface area contributed by atoms with Crippen LogP contribution < -0.4 is 0 Å². The number of rotatable bonds is 1. The van der Waals surface area contributed by atoms with E-state index < -0.39 is 0 Å². The summed E-state index contributed by atoms with van der Waals surface area (Å²) in [5.41, 5.74) is 0.475. The Morgan fingerprint density at radius 1 is 1.15 bits per heavy atom. The molecule has 0 saturated heterocycles. The van der Waals surface area contributed by atoms with Crippen molar-refractivity contribution in [1.29, 1.82) is 0 Å². The molecular formula is C12H21N. The maximum absolute atomic E-state index is 6.84. The van der Waals surface area contributed by atoms with E-state index in [-0.39, 0.29) is 0 Å². The molecule has 0 aromatic carbocycles. The van der Waals surface area contributed by atoms with Crippen molar-refractivity contribution in [2.45, 2.75) is 46.5 Å². The summed E-state index contributed by atoms with van der Waals surface area (Å²) in [4.78, 5) is 3.50. The van der Waals surface area contributed by atoms with E-state index >= 15 is 0 Å². The second-order valence-electron chi connectivity index (χ2n) is 5.42. The third-order valence-electron chi connectivity index (χ3n) is 3.42. The Bertz CT molecular complexity index is 186. The smallest absolute Gasteiger partial charge is 0.217 e. The van der Waals surface area contributed by atoms with Crippen LogP contribution in [0.5, 0.6) is 0 Å². The summed E-state index contributed by atoms with van der Waals surface area (Å²) >= 11 is 0. The zero-order valence-corrected chi connectivity index (χ0v) is 9.14. The fraction of sp³-hybridized carbons (Fsp3) is 0.917. The Morgan fingerprint density at radius 2 is 1.69 bits per heavy atom. The zero-order chi connectivity index (χ0) is 9.90. The summed E-state index contributed by atoms with van der Waals surface area (Å²) in [6, 6.07) is 0. The molecule has 0 unspecified atom stereocenters. The van der Waals surface area contributed by atoms with Gasteiger partial charge in [0.1, 0.15) is 0 Å².